The molecule has 1 saturated heterocycles. The number of likely N-dealkylation sites (tertiary alicyclic amines) is 1. The third kappa shape index (κ3) is 4.11. The number of carbonyl (C=O) groups is 2. The molecule has 1 fully saturated rings. The van der Waals surface area contributed by atoms with Crippen LogP contribution in [0.1, 0.15) is 47.0 Å². The molecule has 0 spiro atoms. The Morgan fingerprint density at radius 1 is 1.42 bits per heavy atom. The first-order valence-corrected chi connectivity index (χ1v) is 7.16. The molecule has 0 radical (unpaired) electrons. The maximum absolute atomic E-state index is 12.2. The van der Waals surface area contributed by atoms with Crippen molar-refractivity contribution in [1.82, 2.24) is 10.2 Å². The number of nitrogens with one attached hydrogen (secondary N) is 1. The fourth-order valence-corrected chi connectivity index (χ4v) is 2.60. The fraction of sp³-hybridized carbons (Fsp3) is 0.857. The van der Waals surface area contributed by atoms with Crippen LogP contribution in [0.25, 0.3) is 0 Å². The number of carboxylic acid groups (broad SMARTS) is 1. The van der Waals surface area contributed by atoms with E-state index in [1.807, 2.05) is 13.8 Å². The lowest BCUT2D eigenvalue weighted by Gasteiger charge is -2.37. The predicted octanol–water partition coefficient (Wildman–Crippen LogP) is 2.32. The van der Waals surface area contributed by atoms with Crippen LogP contribution in [0.3, 0.4) is 0 Å². The van der Waals surface area contributed by atoms with Crippen molar-refractivity contribution in [2.24, 2.45) is 11.8 Å². The zero-order chi connectivity index (χ0) is 14.6. The van der Waals surface area contributed by atoms with Crippen molar-refractivity contribution in [1.29, 1.82) is 0 Å². The zero-order valence-electron chi connectivity index (χ0n) is 12.3. The molecule has 0 aromatic carbocycles. The van der Waals surface area contributed by atoms with Crippen LogP contribution in [0.4, 0.5) is 4.79 Å². The van der Waals surface area contributed by atoms with Gasteiger partial charge < -0.3 is 15.3 Å². The molecule has 0 aromatic heterocycles. The number of carboxylic acids is 1. The molecule has 1 rings (SSSR count). The van der Waals surface area contributed by atoms with E-state index in [0.717, 1.165) is 12.8 Å². The van der Waals surface area contributed by atoms with Crippen molar-refractivity contribution in [3.63, 3.8) is 0 Å². The van der Waals surface area contributed by atoms with Crippen LogP contribution in [0.15, 0.2) is 0 Å². The van der Waals surface area contributed by atoms with Crippen molar-refractivity contribution >= 4 is 12.0 Å². The van der Waals surface area contributed by atoms with E-state index in [9.17, 15) is 14.7 Å². The number of hydrogen-bond acceptors (Lipinski definition) is 2. The van der Waals surface area contributed by atoms with Crippen LogP contribution in [-0.2, 0) is 4.79 Å². The Morgan fingerprint density at radius 2 is 2.05 bits per heavy atom. The Bertz CT molecular complexity index is 331. The first-order chi connectivity index (χ1) is 8.86. The highest BCUT2D eigenvalue weighted by Crippen LogP contribution is 2.23. The maximum atomic E-state index is 12.2. The van der Waals surface area contributed by atoms with Gasteiger partial charge in [0.2, 0.25) is 0 Å². The number of aliphatic carboxylic acids is 1. The lowest BCUT2D eigenvalue weighted by atomic mass is 9.92. The van der Waals surface area contributed by atoms with Gasteiger partial charge in [-0.15, -0.1) is 0 Å². The highest BCUT2D eigenvalue weighted by atomic mass is 16.4. The van der Waals surface area contributed by atoms with Crippen molar-refractivity contribution in [2.45, 2.75) is 59.0 Å². The average molecular weight is 270 g/mol. The van der Waals surface area contributed by atoms with E-state index < -0.39 is 12.0 Å². The number of hydrogen-bond donors (Lipinski definition) is 2. The molecule has 1 heterocycles. The average Bonchev–Trinajstić information content (AvgIpc) is 2.34. The topological polar surface area (TPSA) is 69.6 Å². The van der Waals surface area contributed by atoms with Gasteiger partial charge in [-0.05, 0) is 31.1 Å². The third-order valence-corrected chi connectivity index (χ3v) is 3.96. The molecule has 0 bridgehead atoms. The standard InChI is InChI=1S/C14H26N2O3/c1-5-11(9(2)3)15-14(19)16-7-6-10(4)8-12(16)13(17)18/h9-12H,5-8H2,1-4H3,(H,15,19)(H,17,18). The first-order valence-electron chi connectivity index (χ1n) is 7.16. The molecule has 5 nitrogen and oxygen atoms in total. The summed E-state index contributed by atoms with van der Waals surface area (Å²) in [7, 11) is 0. The second-order valence-corrected chi connectivity index (χ2v) is 5.89. The number of carbonyl (C=O) groups excluding carboxylic acids is 1. The fourth-order valence-electron chi connectivity index (χ4n) is 2.60. The van der Waals surface area contributed by atoms with E-state index in [-0.39, 0.29) is 12.1 Å². The van der Waals surface area contributed by atoms with Gasteiger partial charge in [-0.1, -0.05) is 27.7 Å². The third-order valence-electron chi connectivity index (χ3n) is 3.96. The molecule has 1 aliphatic rings. The lowest BCUT2D eigenvalue weighted by molar-refractivity contribution is -0.143. The molecule has 2 N–H and O–H groups in total. The van der Waals surface area contributed by atoms with Gasteiger partial charge in [0.05, 0.1) is 0 Å². The van der Waals surface area contributed by atoms with E-state index in [1.54, 1.807) is 0 Å². The Kier molecular flexibility index (Phi) is 5.63. The molecule has 3 atom stereocenters. The summed E-state index contributed by atoms with van der Waals surface area (Å²) < 4.78 is 0. The lowest BCUT2D eigenvalue weighted by Crippen LogP contribution is -2.55. The van der Waals surface area contributed by atoms with Crippen molar-refractivity contribution in [2.75, 3.05) is 6.54 Å². The summed E-state index contributed by atoms with van der Waals surface area (Å²) >= 11 is 0. The quantitative estimate of drug-likeness (QED) is 0.823. The Balaban J connectivity index is 2.70. The smallest absolute Gasteiger partial charge is 0.326 e. The van der Waals surface area contributed by atoms with Crippen LogP contribution in [0.2, 0.25) is 0 Å². The molecular weight excluding hydrogens is 244 g/mol. The Labute approximate surface area is 115 Å². The largest absolute Gasteiger partial charge is 0.480 e. The minimum absolute atomic E-state index is 0.0984. The highest BCUT2D eigenvalue weighted by molar-refractivity contribution is 5.83. The molecule has 1 aliphatic heterocycles. The van der Waals surface area contributed by atoms with E-state index in [2.05, 4.69) is 19.2 Å². The van der Waals surface area contributed by atoms with Crippen LogP contribution in [0.5, 0.6) is 0 Å². The second-order valence-electron chi connectivity index (χ2n) is 5.89. The van der Waals surface area contributed by atoms with Gasteiger partial charge in [-0.2, -0.15) is 0 Å². The molecule has 110 valence electrons. The molecular formula is C14H26N2O3. The van der Waals surface area contributed by atoms with E-state index in [4.69, 9.17) is 0 Å². The van der Waals surface area contributed by atoms with Gasteiger partial charge in [0.25, 0.3) is 0 Å². The normalized spacial score (nSPS) is 25.2. The van der Waals surface area contributed by atoms with Crippen LogP contribution < -0.4 is 5.32 Å². The minimum atomic E-state index is -0.903. The number of amides is 2. The summed E-state index contributed by atoms with van der Waals surface area (Å²) in [6.07, 6.45) is 2.27. The van der Waals surface area contributed by atoms with Gasteiger partial charge in [0.15, 0.2) is 0 Å². The first kappa shape index (κ1) is 15.8. The molecule has 0 aliphatic carbocycles. The Morgan fingerprint density at radius 3 is 2.53 bits per heavy atom. The van der Waals surface area contributed by atoms with E-state index >= 15 is 0 Å². The van der Waals surface area contributed by atoms with Crippen molar-refractivity contribution < 1.29 is 14.7 Å². The highest BCUT2D eigenvalue weighted by Gasteiger charge is 2.35. The molecule has 0 aromatic rings. The molecule has 19 heavy (non-hydrogen) atoms. The van der Waals surface area contributed by atoms with Crippen LogP contribution in [-0.4, -0.2) is 40.6 Å². The van der Waals surface area contributed by atoms with Crippen LogP contribution >= 0.6 is 0 Å². The van der Waals surface area contributed by atoms with E-state index in [0.29, 0.717) is 24.8 Å². The second kappa shape index (κ2) is 6.78. The molecule has 2 amide bonds. The van der Waals surface area contributed by atoms with Crippen molar-refractivity contribution in [3.05, 3.63) is 0 Å². The minimum Gasteiger partial charge on any atom is -0.480 e. The monoisotopic (exact) mass is 270 g/mol. The van der Waals surface area contributed by atoms with Gasteiger partial charge in [0.1, 0.15) is 6.04 Å². The maximum Gasteiger partial charge on any atom is 0.326 e. The number of rotatable bonds is 4. The van der Waals surface area contributed by atoms with Gasteiger partial charge >= 0.3 is 12.0 Å². The summed E-state index contributed by atoms with van der Waals surface area (Å²) in [5.41, 5.74) is 0. The SMILES string of the molecule is CCC(NC(=O)N1CCC(C)CC1C(=O)O)C(C)C. The van der Waals surface area contributed by atoms with Gasteiger partial charge in [-0.25, -0.2) is 9.59 Å². The summed E-state index contributed by atoms with van der Waals surface area (Å²) in [6.45, 7) is 8.70. The summed E-state index contributed by atoms with van der Waals surface area (Å²) in [5, 5.41) is 12.2. The molecule has 0 saturated carbocycles. The number of piperidine rings is 1. The zero-order valence-corrected chi connectivity index (χ0v) is 12.3. The number of nitrogens with zero attached hydrogens (tertiary/aromatic N) is 1. The molecule has 3 unspecified atom stereocenters. The molecule has 5 heteroatoms. The summed E-state index contributed by atoms with van der Waals surface area (Å²) in [6, 6.07) is -0.824. The summed E-state index contributed by atoms with van der Waals surface area (Å²) in [4.78, 5) is 25.0. The van der Waals surface area contributed by atoms with Crippen LogP contribution in [0, 0.1) is 11.8 Å². The van der Waals surface area contributed by atoms with Gasteiger partial charge in [-0.3, -0.25) is 0 Å². The summed E-state index contributed by atoms with van der Waals surface area (Å²) in [5.74, 6) is -0.197. The number of urea groups is 1. The van der Waals surface area contributed by atoms with E-state index in [1.165, 1.54) is 4.90 Å². The predicted molar refractivity (Wildman–Crippen MR) is 74.0 cm³/mol. The van der Waals surface area contributed by atoms with Crippen molar-refractivity contribution in [3.8, 4) is 0 Å². The van der Waals surface area contributed by atoms with Gasteiger partial charge in [0, 0.05) is 12.6 Å². The Hall–Kier alpha value is -1.26.